The van der Waals surface area contributed by atoms with Crippen LogP contribution in [0.2, 0.25) is 0 Å². The first kappa shape index (κ1) is 18.9. The number of carbonyl (C=O) groups is 2. The molecular formula is C18H18N2O6. The minimum absolute atomic E-state index is 0.0538. The van der Waals surface area contributed by atoms with Gasteiger partial charge in [-0.15, -0.1) is 0 Å². The standard InChI is InChI=1S/C18H18N2O6/c1-12-6-5-8-14(20(23)24)18(12)19-16(21)11-26-17(22)10-13-7-3-4-9-15(13)25-2/h3-9H,10-11H2,1-2H3,(H,19,21). The predicted octanol–water partition coefficient (Wildman–Crippen LogP) is 2.64. The maximum atomic E-state index is 12.0. The number of methoxy groups -OCH3 is 1. The highest BCUT2D eigenvalue weighted by atomic mass is 16.6. The average Bonchev–Trinajstić information content (AvgIpc) is 2.62. The van der Waals surface area contributed by atoms with Crippen LogP contribution in [-0.2, 0) is 20.7 Å². The van der Waals surface area contributed by atoms with E-state index in [1.165, 1.54) is 19.2 Å². The van der Waals surface area contributed by atoms with E-state index in [2.05, 4.69) is 5.32 Å². The van der Waals surface area contributed by atoms with Gasteiger partial charge in [0.25, 0.3) is 11.6 Å². The molecule has 8 nitrogen and oxygen atoms in total. The summed E-state index contributed by atoms with van der Waals surface area (Å²) in [5, 5.41) is 13.5. The molecule has 0 unspecified atom stereocenters. The molecule has 8 heteroatoms. The number of ether oxygens (including phenoxy) is 2. The van der Waals surface area contributed by atoms with Crippen LogP contribution in [0.4, 0.5) is 11.4 Å². The molecule has 1 amide bonds. The molecule has 0 saturated heterocycles. The number of hydrogen-bond acceptors (Lipinski definition) is 6. The average molecular weight is 358 g/mol. The smallest absolute Gasteiger partial charge is 0.310 e. The molecule has 0 aliphatic carbocycles. The van der Waals surface area contributed by atoms with Gasteiger partial charge in [0.15, 0.2) is 6.61 Å². The number of nitro benzene ring substituents is 1. The largest absolute Gasteiger partial charge is 0.496 e. The van der Waals surface area contributed by atoms with Gasteiger partial charge < -0.3 is 14.8 Å². The van der Waals surface area contributed by atoms with Crippen molar-refractivity contribution < 1.29 is 24.0 Å². The summed E-state index contributed by atoms with van der Waals surface area (Å²) < 4.78 is 10.1. The molecule has 0 spiro atoms. The first-order valence-corrected chi connectivity index (χ1v) is 7.73. The third-order valence-electron chi connectivity index (χ3n) is 3.60. The first-order valence-electron chi connectivity index (χ1n) is 7.73. The van der Waals surface area contributed by atoms with Crippen LogP contribution in [0.25, 0.3) is 0 Å². The van der Waals surface area contributed by atoms with Gasteiger partial charge in [0.1, 0.15) is 11.4 Å². The van der Waals surface area contributed by atoms with Crippen LogP contribution in [-0.4, -0.2) is 30.5 Å². The Morgan fingerprint density at radius 3 is 2.58 bits per heavy atom. The quantitative estimate of drug-likeness (QED) is 0.463. The first-order chi connectivity index (χ1) is 12.4. The summed E-state index contributed by atoms with van der Waals surface area (Å²) >= 11 is 0. The van der Waals surface area contributed by atoms with E-state index in [1.54, 1.807) is 37.3 Å². The SMILES string of the molecule is COc1ccccc1CC(=O)OCC(=O)Nc1c(C)cccc1[N+](=O)[O-]. The number of para-hydroxylation sites is 2. The van der Waals surface area contributed by atoms with E-state index < -0.39 is 23.4 Å². The van der Waals surface area contributed by atoms with E-state index in [0.29, 0.717) is 16.9 Å². The summed E-state index contributed by atoms with van der Waals surface area (Å²) in [6.07, 6.45) is -0.0538. The maximum Gasteiger partial charge on any atom is 0.310 e. The zero-order valence-corrected chi connectivity index (χ0v) is 14.4. The van der Waals surface area contributed by atoms with Gasteiger partial charge in [0.05, 0.1) is 18.5 Å². The van der Waals surface area contributed by atoms with E-state index in [9.17, 15) is 19.7 Å². The van der Waals surface area contributed by atoms with Gasteiger partial charge in [0, 0.05) is 11.6 Å². The molecule has 136 valence electrons. The Morgan fingerprint density at radius 2 is 1.88 bits per heavy atom. The normalized spacial score (nSPS) is 10.1. The van der Waals surface area contributed by atoms with Gasteiger partial charge in [-0.2, -0.15) is 0 Å². The van der Waals surface area contributed by atoms with E-state index in [0.717, 1.165) is 0 Å². The monoisotopic (exact) mass is 358 g/mol. The lowest BCUT2D eigenvalue weighted by molar-refractivity contribution is -0.384. The number of rotatable bonds is 7. The molecule has 0 fully saturated rings. The molecule has 0 aliphatic rings. The molecule has 26 heavy (non-hydrogen) atoms. The van der Waals surface area contributed by atoms with E-state index in [4.69, 9.17) is 9.47 Å². The number of aryl methyl sites for hydroxylation is 1. The van der Waals surface area contributed by atoms with Crippen LogP contribution in [0.3, 0.4) is 0 Å². The van der Waals surface area contributed by atoms with Crippen LogP contribution < -0.4 is 10.1 Å². The van der Waals surface area contributed by atoms with Crippen molar-refractivity contribution in [3.8, 4) is 5.75 Å². The fourth-order valence-corrected chi connectivity index (χ4v) is 2.34. The second kappa shape index (κ2) is 8.61. The van der Waals surface area contributed by atoms with Gasteiger partial charge >= 0.3 is 5.97 Å². The van der Waals surface area contributed by atoms with Crippen LogP contribution >= 0.6 is 0 Å². The Balaban J connectivity index is 1.95. The lowest BCUT2D eigenvalue weighted by atomic mass is 10.1. The van der Waals surface area contributed by atoms with Crippen molar-refractivity contribution in [1.82, 2.24) is 0 Å². The van der Waals surface area contributed by atoms with Crippen LogP contribution in [0.1, 0.15) is 11.1 Å². The molecule has 0 aliphatic heterocycles. The number of nitro groups is 1. The lowest BCUT2D eigenvalue weighted by Crippen LogP contribution is -2.22. The predicted molar refractivity (Wildman–Crippen MR) is 94.1 cm³/mol. The molecule has 0 radical (unpaired) electrons. The molecule has 0 saturated carbocycles. The fraction of sp³-hybridized carbons (Fsp3) is 0.222. The van der Waals surface area contributed by atoms with Gasteiger partial charge in [-0.05, 0) is 18.6 Å². The van der Waals surface area contributed by atoms with Crippen LogP contribution in [0, 0.1) is 17.0 Å². The molecule has 2 rings (SSSR count). The van der Waals surface area contributed by atoms with Gasteiger partial charge in [-0.25, -0.2) is 0 Å². The molecular weight excluding hydrogens is 340 g/mol. The Morgan fingerprint density at radius 1 is 1.15 bits per heavy atom. The van der Waals surface area contributed by atoms with E-state index in [-0.39, 0.29) is 17.8 Å². The summed E-state index contributed by atoms with van der Waals surface area (Å²) in [6, 6.07) is 11.4. The Hall–Kier alpha value is -3.42. The summed E-state index contributed by atoms with van der Waals surface area (Å²) in [6.45, 7) is 1.09. The molecule has 2 aromatic rings. The number of nitrogens with zero attached hydrogens (tertiary/aromatic N) is 1. The molecule has 0 heterocycles. The summed E-state index contributed by atoms with van der Waals surface area (Å²) in [5.74, 6) is -0.718. The Kier molecular flexibility index (Phi) is 6.26. The number of benzene rings is 2. The number of hydrogen-bond donors (Lipinski definition) is 1. The molecule has 0 aromatic heterocycles. The number of anilines is 1. The zero-order valence-electron chi connectivity index (χ0n) is 14.4. The molecule has 0 bridgehead atoms. The Labute approximate surface area is 149 Å². The molecule has 0 atom stereocenters. The van der Waals surface area contributed by atoms with Crippen molar-refractivity contribution in [1.29, 1.82) is 0 Å². The highest BCUT2D eigenvalue weighted by molar-refractivity contribution is 5.95. The summed E-state index contributed by atoms with van der Waals surface area (Å²) in [5.41, 5.74) is 1.03. The third-order valence-corrected chi connectivity index (χ3v) is 3.60. The number of esters is 1. The second-order valence-electron chi connectivity index (χ2n) is 5.42. The third kappa shape index (κ3) is 4.79. The van der Waals surface area contributed by atoms with Gasteiger partial charge in [-0.1, -0.05) is 30.3 Å². The number of carbonyl (C=O) groups excluding carboxylic acids is 2. The summed E-state index contributed by atoms with van der Waals surface area (Å²) in [4.78, 5) is 34.4. The second-order valence-corrected chi connectivity index (χ2v) is 5.42. The topological polar surface area (TPSA) is 108 Å². The van der Waals surface area contributed by atoms with E-state index in [1.807, 2.05) is 0 Å². The minimum atomic E-state index is -0.657. The lowest BCUT2D eigenvalue weighted by Gasteiger charge is -2.10. The highest BCUT2D eigenvalue weighted by Gasteiger charge is 2.18. The fourth-order valence-electron chi connectivity index (χ4n) is 2.34. The van der Waals surface area contributed by atoms with Crippen molar-refractivity contribution in [2.45, 2.75) is 13.3 Å². The zero-order chi connectivity index (χ0) is 19.1. The maximum absolute atomic E-state index is 12.0. The van der Waals surface area contributed by atoms with Gasteiger partial charge in [-0.3, -0.25) is 19.7 Å². The molecule has 2 aromatic carbocycles. The number of nitrogens with one attached hydrogen (secondary N) is 1. The van der Waals surface area contributed by atoms with E-state index >= 15 is 0 Å². The number of amides is 1. The highest BCUT2D eigenvalue weighted by Crippen LogP contribution is 2.27. The summed E-state index contributed by atoms with van der Waals surface area (Å²) in [7, 11) is 1.49. The van der Waals surface area contributed by atoms with Crippen molar-refractivity contribution in [2.75, 3.05) is 19.0 Å². The van der Waals surface area contributed by atoms with Crippen molar-refractivity contribution in [3.05, 3.63) is 63.7 Å². The van der Waals surface area contributed by atoms with Crippen LogP contribution in [0.5, 0.6) is 5.75 Å². The van der Waals surface area contributed by atoms with Gasteiger partial charge in [0.2, 0.25) is 0 Å². The molecule has 1 N–H and O–H groups in total. The minimum Gasteiger partial charge on any atom is -0.496 e. The van der Waals surface area contributed by atoms with Crippen molar-refractivity contribution in [3.63, 3.8) is 0 Å². The Bertz CT molecular complexity index is 834. The van der Waals surface area contributed by atoms with Crippen molar-refractivity contribution >= 4 is 23.3 Å². The van der Waals surface area contributed by atoms with Crippen LogP contribution in [0.15, 0.2) is 42.5 Å². The van der Waals surface area contributed by atoms with Crippen molar-refractivity contribution in [2.24, 2.45) is 0 Å².